The van der Waals surface area contributed by atoms with Crippen LogP contribution in [0.25, 0.3) is 0 Å². The summed E-state index contributed by atoms with van der Waals surface area (Å²) in [4.78, 5) is 25.6. The van der Waals surface area contributed by atoms with Crippen molar-refractivity contribution in [2.45, 2.75) is 104 Å². The zero-order valence-corrected chi connectivity index (χ0v) is 34.5. The molecule has 2 unspecified atom stereocenters. The average molecular weight is 811 g/mol. The molecule has 2 amide bonds. The normalized spacial score (nSPS) is 12.0. The number of benzene rings is 4. The Morgan fingerprint density at radius 3 is 1.42 bits per heavy atom. The molecule has 0 bridgehead atoms. The van der Waals surface area contributed by atoms with E-state index >= 15 is 0 Å². The van der Waals surface area contributed by atoms with E-state index in [1.807, 2.05) is 72.8 Å². The number of aryl methyl sites for hydroxylation is 2. The third-order valence-corrected chi connectivity index (χ3v) is 9.80. The van der Waals surface area contributed by atoms with E-state index < -0.39 is 0 Å². The van der Waals surface area contributed by atoms with Crippen LogP contribution in [0.2, 0.25) is 0 Å². The Morgan fingerprint density at radius 2 is 1.02 bits per heavy atom. The van der Waals surface area contributed by atoms with Gasteiger partial charge >= 0.3 is 6.03 Å². The Morgan fingerprint density at radius 1 is 0.627 bits per heavy atom. The molecule has 325 valence electrons. The molecule has 59 heavy (non-hydrogen) atoms. The van der Waals surface area contributed by atoms with E-state index in [1.165, 1.54) is 22.9 Å². The fourth-order valence-electron chi connectivity index (χ4n) is 6.15. The molecule has 2 atom stereocenters. The number of urea groups is 1. The van der Waals surface area contributed by atoms with Crippen molar-refractivity contribution in [2.24, 2.45) is 10.7 Å². The van der Waals surface area contributed by atoms with E-state index in [0.717, 1.165) is 82.9 Å². The van der Waals surface area contributed by atoms with Crippen molar-refractivity contribution in [3.63, 3.8) is 0 Å². The monoisotopic (exact) mass is 811 g/mol. The lowest BCUT2D eigenvalue weighted by Crippen LogP contribution is -2.36. The first-order valence-electron chi connectivity index (χ1n) is 19.9. The van der Waals surface area contributed by atoms with Crippen LogP contribution < -0.4 is 22.5 Å². The van der Waals surface area contributed by atoms with E-state index in [-0.39, 0.29) is 59.5 Å². The minimum Gasteiger partial charge on any atom is -0.395 e. The van der Waals surface area contributed by atoms with Gasteiger partial charge in [-0.25, -0.2) is 4.79 Å². The van der Waals surface area contributed by atoms with Gasteiger partial charge in [0.25, 0.3) is 0 Å². The summed E-state index contributed by atoms with van der Waals surface area (Å²) in [5.74, 6) is 0. The molecule has 0 aliphatic rings. The van der Waals surface area contributed by atoms with Crippen molar-refractivity contribution >= 4 is 26.9 Å². The van der Waals surface area contributed by atoms with Crippen LogP contribution in [0.4, 0.5) is 4.79 Å². The van der Waals surface area contributed by atoms with Crippen molar-refractivity contribution in [2.75, 3.05) is 39.4 Å². The largest absolute Gasteiger partial charge is 0.395 e. The molecule has 0 heterocycles. The molecule has 9 nitrogen and oxygen atoms in total. The Hall–Kier alpha value is -4.61. The lowest BCUT2D eigenvalue weighted by molar-refractivity contribution is -0.102. The van der Waals surface area contributed by atoms with Gasteiger partial charge in [0.1, 0.15) is 0 Å². The number of hydrogen-bond acceptors (Lipinski definition) is 7. The molecule has 0 spiro atoms. The predicted molar refractivity (Wildman–Crippen MR) is 253 cm³/mol. The zero-order valence-electron chi connectivity index (χ0n) is 34.5. The number of nitrogens with one attached hydrogen (secondary N) is 2. The number of carbonyl (C=O) groups is 2. The van der Waals surface area contributed by atoms with Crippen LogP contribution in [0.3, 0.4) is 0 Å². The SMILES string of the molecule is C.C.CC(CO)(CCCCN)c1ccccc1.CC(CO)(CCCCNC(=O)NCCCc1ccccc1)c1ccccc1.N.O=CC=NCCCc1ccccc1.[B]. The molecule has 0 fully saturated rings. The molecule has 0 aromatic heterocycles. The first-order valence-corrected chi connectivity index (χ1v) is 19.9. The van der Waals surface area contributed by atoms with Gasteiger partial charge in [-0.3, -0.25) is 9.79 Å². The summed E-state index contributed by atoms with van der Waals surface area (Å²) in [5.41, 5.74) is 10.1. The number of nitrogens with zero attached hydrogens (tertiary/aromatic N) is 1. The zero-order chi connectivity index (χ0) is 39.9. The molecular weight excluding hydrogens is 733 g/mol. The van der Waals surface area contributed by atoms with Crippen LogP contribution in [0, 0.1) is 0 Å². The molecule has 0 saturated heterocycles. The summed E-state index contributed by atoms with van der Waals surface area (Å²) in [6, 6.07) is 40.8. The van der Waals surface area contributed by atoms with Crippen molar-refractivity contribution in [3.8, 4) is 0 Å². The summed E-state index contributed by atoms with van der Waals surface area (Å²) in [6.07, 6.45) is 11.8. The number of hydrogen-bond donors (Lipinski definition) is 6. The van der Waals surface area contributed by atoms with Gasteiger partial charge in [-0.2, -0.15) is 0 Å². The second kappa shape index (κ2) is 36.5. The quantitative estimate of drug-likeness (QED) is 0.0200. The molecule has 0 saturated carbocycles. The van der Waals surface area contributed by atoms with Gasteiger partial charge in [0.2, 0.25) is 0 Å². The first-order chi connectivity index (χ1) is 26.8. The maximum Gasteiger partial charge on any atom is 0.314 e. The van der Waals surface area contributed by atoms with E-state index in [0.29, 0.717) is 19.4 Å². The average Bonchev–Trinajstić information content (AvgIpc) is 3.24. The number of aldehydes is 1. The van der Waals surface area contributed by atoms with Gasteiger partial charge < -0.3 is 32.7 Å². The molecule has 10 heteroatoms. The summed E-state index contributed by atoms with van der Waals surface area (Å²) < 4.78 is 0. The second-order valence-electron chi connectivity index (χ2n) is 14.4. The summed E-state index contributed by atoms with van der Waals surface area (Å²) in [7, 11) is 0. The highest BCUT2D eigenvalue weighted by Crippen LogP contribution is 2.29. The highest BCUT2D eigenvalue weighted by atomic mass is 16.3. The maximum atomic E-state index is 11.8. The number of amides is 2. The fraction of sp³-hybridized carbons (Fsp3) is 0.449. The van der Waals surface area contributed by atoms with Crippen LogP contribution in [0.1, 0.15) is 102 Å². The number of nitrogens with two attached hydrogens (primary N) is 1. The molecule has 4 aromatic carbocycles. The number of aliphatic hydroxyl groups is 2. The van der Waals surface area contributed by atoms with E-state index in [2.05, 4.69) is 78.0 Å². The van der Waals surface area contributed by atoms with Crippen molar-refractivity contribution < 1.29 is 19.8 Å². The van der Waals surface area contributed by atoms with E-state index in [1.54, 1.807) is 0 Å². The third kappa shape index (κ3) is 25.5. The fourth-order valence-corrected chi connectivity index (χ4v) is 6.15. The maximum absolute atomic E-state index is 11.8. The summed E-state index contributed by atoms with van der Waals surface area (Å²) in [6.45, 7) is 7.32. The smallest absolute Gasteiger partial charge is 0.314 e. The van der Waals surface area contributed by atoms with Gasteiger partial charge in [-0.1, -0.05) is 163 Å². The minimum absolute atomic E-state index is 0. The lowest BCUT2D eigenvalue weighted by atomic mass is 9.79. The topological polar surface area (TPSA) is 172 Å². The van der Waals surface area contributed by atoms with Crippen LogP contribution in [0.5, 0.6) is 0 Å². The number of rotatable bonds is 22. The van der Waals surface area contributed by atoms with Crippen LogP contribution in [0.15, 0.2) is 126 Å². The molecule has 0 aliphatic heterocycles. The molecular formula is C49H77BN5O4. The minimum atomic E-state index is -0.221. The molecule has 0 aliphatic carbocycles. The van der Waals surface area contributed by atoms with Gasteiger partial charge in [0, 0.05) is 38.9 Å². The van der Waals surface area contributed by atoms with Gasteiger partial charge in [-0.05, 0) is 80.2 Å². The first kappa shape index (κ1) is 58.7. The molecule has 3 radical (unpaired) electrons. The Bertz CT molecular complexity index is 1570. The van der Waals surface area contributed by atoms with Gasteiger partial charge in [0.05, 0.1) is 19.4 Å². The van der Waals surface area contributed by atoms with Gasteiger partial charge in [-0.15, -0.1) is 0 Å². The number of aliphatic imine (C=N–C) groups is 1. The third-order valence-electron chi connectivity index (χ3n) is 9.80. The molecule has 4 rings (SSSR count). The standard InChI is InChI=1S/C23H32N2O2.C13H21NO.C11H13NO.2CH4.B.H3N/c1-23(19-26,21-14-6-3-7-15-21)16-8-9-17-24-22(27)25-18-10-13-20-11-4-2-5-12-20;1-13(11-15,9-5-6-10-14)12-7-3-2-4-8-12;13-10-9-12-8-4-7-11-5-2-1-3-6-11;;;;/h2-7,11-12,14-15,26H,8-10,13,16-19H2,1H3,(H2,24,25,27);2-4,7-8,15H,5-6,9-11,14H2,1H3;1-3,5-6,9-10H,4,7-8H2;2*1H4;;1H3. The predicted octanol–water partition coefficient (Wildman–Crippen LogP) is 9.05. The highest BCUT2D eigenvalue weighted by Gasteiger charge is 2.25. The summed E-state index contributed by atoms with van der Waals surface area (Å²) >= 11 is 0. The van der Waals surface area contributed by atoms with E-state index in [4.69, 9.17) is 5.73 Å². The van der Waals surface area contributed by atoms with Crippen LogP contribution in [-0.4, -0.2) is 76.6 Å². The second-order valence-corrected chi connectivity index (χ2v) is 14.4. The number of aliphatic hydroxyl groups excluding tert-OH is 2. The molecule has 9 N–H and O–H groups in total. The van der Waals surface area contributed by atoms with Crippen LogP contribution in [-0.2, 0) is 28.5 Å². The van der Waals surface area contributed by atoms with E-state index in [9.17, 15) is 19.8 Å². The molecule has 4 aromatic rings. The Kier molecular flexibility index (Phi) is 36.3. The number of carbonyl (C=O) groups excluding carboxylic acids is 2. The van der Waals surface area contributed by atoms with Crippen molar-refractivity contribution in [3.05, 3.63) is 144 Å². The van der Waals surface area contributed by atoms with Gasteiger partial charge in [0.15, 0.2) is 6.29 Å². The number of unbranched alkanes of at least 4 members (excludes halogenated alkanes) is 2. The lowest BCUT2D eigenvalue weighted by Gasteiger charge is -2.28. The Labute approximate surface area is 359 Å². The van der Waals surface area contributed by atoms with Crippen molar-refractivity contribution in [1.29, 1.82) is 0 Å². The van der Waals surface area contributed by atoms with Crippen molar-refractivity contribution in [1.82, 2.24) is 16.8 Å². The van der Waals surface area contributed by atoms with Crippen LogP contribution >= 0.6 is 0 Å². The summed E-state index contributed by atoms with van der Waals surface area (Å²) in [5, 5.41) is 25.1. The Balaban J connectivity index is -0.000000839. The highest BCUT2D eigenvalue weighted by molar-refractivity contribution is 6.12.